The van der Waals surface area contributed by atoms with Crippen LogP contribution in [0.3, 0.4) is 0 Å². The van der Waals surface area contributed by atoms with E-state index in [1.165, 1.54) is 6.42 Å². The summed E-state index contributed by atoms with van der Waals surface area (Å²) in [4.78, 5) is 2.42. The van der Waals surface area contributed by atoms with E-state index < -0.39 is 6.61 Å². The van der Waals surface area contributed by atoms with Crippen LogP contribution in [-0.4, -0.2) is 50.8 Å². The highest BCUT2D eigenvalue weighted by atomic mass is 35.5. The molecule has 4 nitrogen and oxygen atoms in total. The fraction of sp³-hybridized carbons (Fsp3) is 0.647. The average molecular weight is 363 g/mol. The summed E-state index contributed by atoms with van der Waals surface area (Å²) in [5.41, 5.74) is 1.20. The van der Waals surface area contributed by atoms with Crippen LogP contribution in [0, 0.1) is 5.41 Å². The van der Waals surface area contributed by atoms with Gasteiger partial charge in [-0.1, -0.05) is 19.1 Å². The maximum Gasteiger partial charge on any atom is 0.387 e. The predicted octanol–water partition coefficient (Wildman–Crippen LogP) is 3.08. The number of nitrogens with one attached hydrogen (secondary N) is 1. The van der Waals surface area contributed by atoms with Gasteiger partial charge in [-0.25, -0.2) is 0 Å². The topological polar surface area (TPSA) is 33.7 Å². The minimum Gasteiger partial charge on any atom is -0.435 e. The number of hydrogen-bond acceptors (Lipinski definition) is 4. The number of alkyl halides is 2. The molecule has 2 atom stereocenters. The van der Waals surface area contributed by atoms with Crippen molar-refractivity contribution in [3.63, 3.8) is 0 Å². The summed E-state index contributed by atoms with van der Waals surface area (Å²) < 4.78 is 35.1. The molecule has 0 aliphatic carbocycles. The van der Waals surface area contributed by atoms with Gasteiger partial charge in [-0.3, -0.25) is 4.90 Å². The summed E-state index contributed by atoms with van der Waals surface area (Å²) in [6, 6.07) is 6.84. The third-order valence-electron chi connectivity index (χ3n) is 4.67. The lowest BCUT2D eigenvalue weighted by atomic mass is 9.89. The van der Waals surface area contributed by atoms with Gasteiger partial charge in [0.2, 0.25) is 0 Å². The molecule has 0 radical (unpaired) electrons. The molecule has 24 heavy (non-hydrogen) atoms. The highest BCUT2D eigenvalue weighted by molar-refractivity contribution is 5.85. The lowest BCUT2D eigenvalue weighted by Crippen LogP contribution is -2.44. The Morgan fingerprint density at radius 3 is 3.00 bits per heavy atom. The van der Waals surface area contributed by atoms with Gasteiger partial charge >= 0.3 is 6.61 Å². The smallest absolute Gasteiger partial charge is 0.387 e. The molecule has 0 amide bonds. The number of benzene rings is 1. The highest BCUT2D eigenvalue weighted by Crippen LogP contribution is 2.30. The van der Waals surface area contributed by atoms with Gasteiger partial charge in [0, 0.05) is 26.2 Å². The van der Waals surface area contributed by atoms with Crippen molar-refractivity contribution < 1.29 is 18.3 Å². The first kappa shape index (κ1) is 19.4. The molecule has 2 unspecified atom stereocenters. The standard InChI is InChI=1S/C17H24F2N2O2.ClH/c1-17(5-6-20-11-17)12-21-7-8-22-15(10-21)13-3-2-4-14(9-13)23-16(18)19;/h2-4,9,15-16,20H,5-8,10-12H2,1H3;1H. The van der Waals surface area contributed by atoms with Gasteiger partial charge in [0.1, 0.15) is 5.75 Å². The second kappa shape index (κ2) is 8.43. The summed E-state index contributed by atoms with van der Waals surface area (Å²) in [6.07, 6.45) is 1.09. The zero-order valence-corrected chi connectivity index (χ0v) is 14.7. The second-order valence-corrected chi connectivity index (χ2v) is 6.78. The molecule has 2 heterocycles. The fourth-order valence-corrected chi connectivity index (χ4v) is 3.48. The molecule has 1 aromatic carbocycles. The van der Waals surface area contributed by atoms with Gasteiger partial charge in [0.15, 0.2) is 0 Å². The summed E-state index contributed by atoms with van der Waals surface area (Å²) in [5.74, 6) is 0.185. The van der Waals surface area contributed by atoms with Crippen molar-refractivity contribution in [1.82, 2.24) is 10.2 Å². The molecular weight excluding hydrogens is 338 g/mol. The van der Waals surface area contributed by atoms with Crippen molar-refractivity contribution >= 4 is 12.4 Å². The average Bonchev–Trinajstić information content (AvgIpc) is 2.93. The van der Waals surface area contributed by atoms with Crippen LogP contribution in [0.15, 0.2) is 24.3 Å². The number of halogens is 3. The monoisotopic (exact) mass is 362 g/mol. The van der Waals surface area contributed by atoms with E-state index in [4.69, 9.17) is 4.74 Å². The zero-order chi connectivity index (χ0) is 16.3. The minimum absolute atomic E-state index is 0. The molecular formula is C17H25ClF2N2O2. The number of morpholine rings is 1. The van der Waals surface area contributed by atoms with Crippen LogP contribution in [0.2, 0.25) is 0 Å². The second-order valence-electron chi connectivity index (χ2n) is 6.78. The Labute approximate surface area is 147 Å². The van der Waals surface area contributed by atoms with E-state index in [1.807, 2.05) is 6.07 Å². The number of ether oxygens (including phenoxy) is 2. The van der Waals surface area contributed by atoms with Gasteiger partial charge in [0.05, 0.1) is 12.7 Å². The van der Waals surface area contributed by atoms with Crippen LogP contribution >= 0.6 is 12.4 Å². The van der Waals surface area contributed by atoms with Crippen LogP contribution in [0.25, 0.3) is 0 Å². The molecule has 2 aliphatic rings. The first-order valence-corrected chi connectivity index (χ1v) is 8.14. The van der Waals surface area contributed by atoms with E-state index >= 15 is 0 Å². The van der Waals surface area contributed by atoms with Crippen molar-refractivity contribution in [2.24, 2.45) is 5.41 Å². The SMILES string of the molecule is CC1(CN2CCOC(c3cccc(OC(F)F)c3)C2)CCNC1.Cl. The lowest BCUT2D eigenvalue weighted by molar-refractivity contribution is -0.0514. The Hall–Kier alpha value is -0.950. The summed E-state index contributed by atoms with van der Waals surface area (Å²) in [5, 5.41) is 3.43. The van der Waals surface area contributed by atoms with Crippen molar-refractivity contribution in [3.05, 3.63) is 29.8 Å². The lowest BCUT2D eigenvalue weighted by Gasteiger charge is -2.37. The number of rotatable bonds is 5. The zero-order valence-electron chi connectivity index (χ0n) is 13.8. The van der Waals surface area contributed by atoms with Crippen molar-refractivity contribution in [1.29, 1.82) is 0 Å². The highest BCUT2D eigenvalue weighted by Gasteiger charge is 2.33. The Morgan fingerprint density at radius 2 is 2.29 bits per heavy atom. The van der Waals surface area contributed by atoms with Crippen LogP contribution in [-0.2, 0) is 4.74 Å². The maximum absolute atomic E-state index is 12.4. The largest absolute Gasteiger partial charge is 0.435 e. The van der Waals surface area contributed by atoms with Crippen LogP contribution in [0.4, 0.5) is 8.78 Å². The van der Waals surface area contributed by atoms with Gasteiger partial charge < -0.3 is 14.8 Å². The van der Waals surface area contributed by atoms with E-state index in [1.54, 1.807) is 18.2 Å². The Bertz CT molecular complexity index is 527. The number of hydrogen-bond donors (Lipinski definition) is 1. The molecule has 2 fully saturated rings. The molecule has 0 saturated carbocycles. The van der Waals surface area contributed by atoms with Gasteiger partial charge in [-0.15, -0.1) is 12.4 Å². The normalized spacial score (nSPS) is 27.9. The molecule has 7 heteroatoms. The Balaban J connectivity index is 0.00000208. The third kappa shape index (κ3) is 5.02. The fourth-order valence-electron chi connectivity index (χ4n) is 3.48. The summed E-state index contributed by atoms with van der Waals surface area (Å²) in [6.45, 7) is 5.04. The first-order valence-electron chi connectivity index (χ1n) is 8.14. The van der Waals surface area contributed by atoms with Crippen LogP contribution in [0.1, 0.15) is 25.0 Å². The number of nitrogens with zero attached hydrogens (tertiary/aromatic N) is 1. The molecule has 0 spiro atoms. The first-order chi connectivity index (χ1) is 11.0. The Morgan fingerprint density at radius 1 is 1.46 bits per heavy atom. The van der Waals surface area contributed by atoms with E-state index in [-0.39, 0.29) is 24.3 Å². The van der Waals surface area contributed by atoms with E-state index in [9.17, 15) is 8.78 Å². The van der Waals surface area contributed by atoms with Crippen molar-refractivity contribution in [2.45, 2.75) is 26.1 Å². The van der Waals surface area contributed by atoms with Crippen LogP contribution in [0.5, 0.6) is 5.75 Å². The summed E-state index contributed by atoms with van der Waals surface area (Å²) in [7, 11) is 0. The third-order valence-corrected chi connectivity index (χ3v) is 4.67. The molecule has 1 aromatic rings. The summed E-state index contributed by atoms with van der Waals surface area (Å²) >= 11 is 0. The predicted molar refractivity (Wildman–Crippen MR) is 91.0 cm³/mol. The molecule has 0 aromatic heterocycles. The van der Waals surface area contributed by atoms with Crippen LogP contribution < -0.4 is 10.1 Å². The van der Waals surface area contributed by atoms with Crippen molar-refractivity contribution in [3.8, 4) is 5.75 Å². The van der Waals surface area contributed by atoms with Gasteiger partial charge in [-0.2, -0.15) is 8.78 Å². The van der Waals surface area contributed by atoms with Gasteiger partial charge in [0.25, 0.3) is 0 Å². The van der Waals surface area contributed by atoms with Crippen molar-refractivity contribution in [2.75, 3.05) is 39.3 Å². The van der Waals surface area contributed by atoms with E-state index in [0.717, 1.165) is 38.3 Å². The minimum atomic E-state index is -2.80. The molecule has 0 bridgehead atoms. The Kier molecular flexibility index (Phi) is 6.80. The maximum atomic E-state index is 12.4. The molecule has 2 aliphatic heterocycles. The molecule has 1 N–H and O–H groups in total. The molecule has 2 saturated heterocycles. The van der Waals surface area contributed by atoms with E-state index in [2.05, 4.69) is 21.9 Å². The molecule has 3 rings (SSSR count). The van der Waals surface area contributed by atoms with E-state index in [0.29, 0.717) is 12.0 Å². The quantitative estimate of drug-likeness (QED) is 0.872. The van der Waals surface area contributed by atoms with Gasteiger partial charge in [-0.05, 0) is 36.1 Å². The molecule has 136 valence electrons.